The molecule has 1 heterocycles. The molecule has 0 aliphatic heterocycles. The van der Waals surface area contributed by atoms with Gasteiger partial charge in [0.25, 0.3) is 5.82 Å². The predicted molar refractivity (Wildman–Crippen MR) is 79.0 cm³/mol. The van der Waals surface area contributed by atoms with E-state index in [9.17, 15) is 5.11 Å². The summed E-state index contributed by atoms with van der Waals surface area (Å²) in [4.78, 5) is 4.14. The van der Waals surface area contributed by atoms with Crippen LogP contribution in [0.15, 0.2) is 69.2 Å². The lowest BCUT2D eigenvalue weighted by atomic mass is 10.2. The molecule has 0 aliphatic rings. The zero-order chi connectivity index (χ0) is 14.7. The number of hydrogen-bond donors (Lipinski definition) is 1. The molecule has 0 saturated heterocycles. The number of hydrogen-bond acceptors (Lipinski definition) is 5. The van der Waals surface area contributed by atoms with Gasteiger partial charge in [0.15, 0.2) is 0 Å². The van der Waals surface area contributed by atoms with E-state index in [1.165, 1.54) is 0 Å². The first kappa shape index (κ1) is 13.1. The second-order valence-electron chi connectivity index (χ2n) is 4.55. The zero-order valence-corrected chi connectivity index (χ0v) is 11.4. The average Bonchev–Trinajstić information content (AvgIpc) is 2.87. The van der Waals surface area contributed by atoms with Crippen molar-refractivity contribution in [2.45, 2.75) is 6.92 Å². The van der Waals surface area contributed by atoms with Crippen LogP contribution in [-0.2, 0) is 0 Å². The molecule has 0 aliphatic carbocycles. The van der Waals surface area contributed by atoms with E-state index in [4.69, 9.17) is 4.42 Å². The van der Waals surface area contributed by atoms with E-state index in [0.717, 1.165) is 11.1 Å². The maximum Gasteiger partial charge on any atom is 0.332 e. The lowest BCUT2D eigenvalue weighted by Gasteiger charge is -1.93. The van der Waals surface area contributed by atoms with Crippen molar-refractivity contribution in [3.63, 3.8) is 0 Å². The summed E-state index contributed by atoms with van der Waals surface area (Å²) in [7, 11) is 0. The van der Waals surface area contributed by atoms with Crippen LogP contribution in [0.1, 0.15) is 5.56 Å². The molecule has 1 N–H and O–H groups in total. The number of nitrogens with zero attached hydrogens (tertiary/aromatic N) is 3. The Morgan fingerprint density at radius 3 is 2.57 bits per heavy atom. The molecular formula is C16H13N3O2. The molecule has 1 aromatic heterocycles. The quantitative estimate of drug-likeness (QED) is 0.702. The first-order chi connectivity index (χ1) is 10.2. The van der Waals surface area contributed by atoms with Crippen LogP contribution >= 0.6 is 0 Å². The van der Waals surface area contributed by atoms with Gasteiger partial charge in [-0.15, -0.1) is 10.2 Å². The summed E-state index contributed by atoms with van der Waals surface area (Å²) >= 11 is 0. The van der Waals surface area contributed by atoms with Crippen LogP contribution in [0.2, 0.25) is 0 Å². The van der Waals surface area contributed by atoms with E-state index in [0.29, 0.717) is 11.6 Å². The Hall–Kier alpha value is -2.95. The van der Waals surface area contributed by atoms with Crippen molar-refractivity contribution < 1.29 is 9.52 Å². The minimum atomic E-state index is -0.342. The summed E-state index contributed by atoms with van der Waals surface area (Å²) in [6.07, 6.45) is 0. The number of aromatic nitrogens is 1. The molecule has 5 heteroatoms. The summed E-state index contributed by atoms with van der Waals surface area (Å²) in [6, 6.07) is 16.9. The zero-order valence-electron chi connectivity index (χ0n) is 11.4. The minimum Gasteiger partial charge on any atom is -0.478 e. The van der Waals surface area contributed by atoms with Gasteiger partial charge < -0.3 is 9.52 Å². The molecule has 0 saturated carbocycles. The Labute approximate surface area is 121 Å². The van der Waals surface area contributed by atoms with Crippen molar-refractivity contribution in [2.75, 3.05) is 0 Å². The maximum atomic E-state index is 9.74. The van der Waals surface area contributed by atoms with Crippen LogP contribution in [0, 0.1) is 6.92 Å². The van der Waals surface area contributed by atoms with E-state index >= 15 is 0 Å². The Morgan fingerprint density at radius 1 is 1.00 bits per heavy atom. The van der Waals surface area contributed by atoms with Crippen molar-refractivity contribution >= 4 is 11.5 Å². The van der Waals surface area contributed by atoms with Gasteiger partial charge in [-0.25, -0.2) is 0 Å². The summed E-state index contributed by atoms with van der Waals surface area (Å²) in [5.41, 5.74) is 2.55. The van der Waals surface area contributed by atoms with Crippen molar-refractivity contribution in [3.8, 4) is 17.4 Å². The molecule has 0 fully saturated rings. The number of aryl methyl sites for hydroxylation is 1. The van der Waals surface area contributed by atoms with Gasteiger partial charge in [0.2, 0.25) is 5.89 Å². The average molecular weight is 279 g/mol. The highest BCUT2D eigenvalue weighted by molar-refractivity contribution is 5.57. The van der Waals surface area contributed by atoms with Crippen LogP contribution in [-0.4, -0.2) is 10.1 Å². The molecule has 21 heavy (non-hydrogen) atoms. The SMILES string of the molecule is Cc1cccc(N=Nc2nc(-c3ccccc3)oc2O)c1. The molecule has 104 valence electrons. The molecule has 0 spiro atoms. The van der Waals surface area contributed by atoms with Gasteiger partial charge >= 0.3 is 5.95 Å². The smallest absolute Gasteiger partial charge is 0.332 e. The summed E-state index contributed by atoms with van der Waals surface area (Å²) in [5, 5.41) is 17.7. The number of aromatic hydroxyl groups is 1. The van der Waals surface area contributed by atoms with Gasteiger partial charge in [-0.05, 0) is 36.8 Å². The monoisotopic (exact) mass is 279 g/mol. The third kappa shape index (κ3) is 2.97. The van der Waals surface area contributed by atoms with Gasteiger partial charge in [0, 0.05) is 5.56 Å². The molecule has 3 rings (SSSR count). The number of benzene rings is 2. The molecule has 0 radical (unpaired) electrons. The first-order valence-electron chi connectivity index (χ1n) is 6.46. The second kappa shape index (κ2) is 5.58. The fourth-order valence-electron chi connectivity index (χ4n) is 1.87. The van der Waals surface area contributed by atoms with Gasteiger partial charge in [-0.2, -0.15) is 4.98 Å². The Kier molecular flexibility index (Phi) is 3.47. The third-order valence-corrected chi connectivity index (χ3v) is 2.87. The van der Waals surface area contributed by atoms with Crippen LogP contribution in [0.4, 0.5) is 11.5 Å². The largest absolute Gasteiger partial charge is 0.478 e. The number of rotatable bonds is 3. The highest BCUT2D eigenvalue weighted by Gasteiger charge is 2.13. The van der Waals surface area contributed by atoms with Crippen molar-refractivity contribution in [1.82, 2.24) is 4.98 Å². The van der Waals surface area contributed by atoms with Crippen LogP contribution in [0.25, 0.3) is 11.5 Å². The highest BCUT2D eigenvalue weighted by Crippen LogP contribution is 2.32. The Balaban J connectivity index is 1.88. The van der Waals surface area contributed by atoms with E-state index in [2.05, 4.69) is 15.2 Å². The third-order valence-electron chi connectivity index (χ3n) is 2.87. The fraction of sp³-hybridized carbons (Fsp3) is 0.0625. The number of azo groups is 1. The standard InChI is InChI=1S/C16H13N3O2/c1-11-6-5-9-13(10-11)18-19-14-16(20)21-15(17-14)12-7-3-2-4-8-12/h2-10,20H,1H3. The van der Waals surface area contributed by atoms with Crippen LogP contribution < -0.4 is 0 Å². The van der Waals surface area contributed by atoms with Gasteiger partial charge in [0.05, 0.1) is 5.69 Å². The number of oxazole rings is 1. The maximum absolute atomic E-state index is 9.74. The van der Waals surface area contributed by atoms with E-state index < -0.39 is 0 Å². The van der Waals surface area contributed by atoms with Crippen LogP contribution in [0.3, 0.4) is 0 Å². The molecule has 5 nitrogen and oxygen atoms in total. The summed E-state index contributed by atoms with van der Waals surface area (Å²) in [5.74, 6) is 0.0342. The molecule has 0 unspecified atom stereocenters. The fourth-order valence-corrected chi connectivity index (χ4v) is 1.87. The van der Waals surface area contributed by atoms with Crippen molar-refractivity contribution in [3.05, 3.63) is 60.2 Å². The van der Waals surface area contributed by atoms with E-state index in [1.54, 1.807) is 0 Å². The molecule has 0 bridgehead atoms. The topological polar surface area (TPSA) is 71.0 Å². The molecule has 0 atom stereocenters. The second-order valence-corrected chi connectivity index (χ2v) is 4.55. The van der Waals surface area contributed by atoms with Crippen molar-refractivity contribution in [2.24, 2.45) is 10.2 Å². The lowest BCUT2D eigenvalue weighted by molar-refractivity contribution is 0.338. The molecule has 2 aromatic carbocycles. The van der Waals surface area contributed by atoms with Crippen molar-refractivity contribution in [1.29, 1.82) is 0 Å². The van der Waals surface area contributed by atoms with E-state index in [1.807, 2.05) is 61.5 Å². The molecule has 3 aromatic rings. The molecule has 0 amide bonds. The Morgan fingerprint density at radius 2 is 1.81 bits per heavy atom. The van der Waals surface area contributed by atoms with E-state index in [-0.39, 0.29) is 11.8 Å². The summed E-state index contributed by atoms with van der Waals surface area (Å²) < 4.78 is 5.20. The summed E-state index contributed by atoms with van der Waals surface area (Å²) in [6.45, 7) is 1.97. The molecular weight excluding hydrogens is 266 g/mol. The highest BCUT2D eigenvalue weighted by atomic mass is 16.5. The predicted octanol–water partition coefficient (Wildman–Crippen LogP) is 4.77. The lowest BCUT2D eigenvalue weighted by Crippen LogP contribution is -1.74. The Bertz CT molecular complexity index is 779. The van der Waals surface area contributed by atoms with Gasteiger partial charge in [0.1, 0.15) is 0 Å². The normalized spacial score (nSPS) is 11.1. The first-order valence-corrected chi connectivity index (χ1v) is 6.46. The minimum absolute atomic E-state index is 0.0651. The van der Waals surface area contributed by atoms with Crippen LogP contribution in [0.5, 0.6) is 5.95 Å². The van der Waals surface area contributed by atoms with Gasteiger partial charge in [-0.3, -0.25) is 0 Å². The van der Waals surface area contributed by atoms with Gasteiger partial charge in [-0.1, -0.05) is 30.3 Å².